The maximum atomic E-state index is 12.2. The van der Waals surface area contributed by atoms with Crippen molar-refractivity contribution in [3.63, 3.8) is 0 Å². The summed E-state index contributed by atoms with van der Waals surface area (Å²) in [5, 5.41) is 2.99. The zero-order valence-corrected chi connectivity index (χ0v) is 15.0. The summed E-state index contributed by atoms with van der Waals surface area (Å²) in [5.41, 5.74) is 0.885. The highest BCUT2D eigenvalue weighted by atomic mass is 16.5. The molecule has 5 nitrogen and oxygen atoms in total. The molecule has 134 valence electrons. The lowest BCUT2D eigenvalue weighted by Crippen LogP contribution is -2.27. The minimum absolute atomic E-state index is 0.0194. The molecule has 0 saturated carbocycles. The van der Waals surface area contributed by atoms with Crippen LogP contribution < -0.4 is 19.5 Å². The third kappa shape index (κ3) is 5.71. The molecular formula is C20H25NO4. The van der Waals surface area contributed by atoms with Gasteiger partial charge in [-0.25, -0.2) is 0 Å². The van der Waals surface area contributed by atoms with Crippen LogP contribution in [0.4, 0.5) is 0 Å². The van der Waals surface area contributed by atoms with Crippen molar-refractivity contribution < 1.29 is 19.0 Å². The number of rotatable bonds is 9. The quantitative estimate of drug-likeness (QED) is 0.705. The van der Waals surface area contributed by atoms with E-state index >= 15 is 0 Å². The van der Waals surface area contributed by atoms with Crippen molar-refractivity contribution in [1.29, 1.82) is 0 Å². The Balaban J connectivity index is 1.81. The Morgan fingerprint density at radius 1 is 1.04 bits per heavy atom. The van der Waals surface area contributed by atoms with E-state index in [9.17, 15) is 4.79 Å². The molecular weight excluding hydrogens is 318 g/mol. The molecule has 2 rings (SSSR count). The van der Waals surface area contributed by atoms with E-state index in [4.69, 9.17) is 14.2 Å². The second kappa shape index (κ2) is 9.57. The van der Waals surface area contributed by atoms with Gasteiger partial charge in [-0.05, 0) is 43.7 Å². The maximum absolute atomic E-state index is 12.2. The lowest BCUT2D eigenvalue weighted by molar-refractivity contribution is -0.121. The molecule has 0 aliphatic heterocycles. The summed E-state index contributed by atoms with van der Waals surface area (Å²) in [6.45, 7) is 2.43. The molecule has 0 radical (unpaired) electrons. The smallest absolute Gasteiger partial charge is 0.220 e. The number of hydrogen-bond acceptors (Lipinski definition) is 4. The van der Waals surface area contributed by atoms with Gasteiger partial charge in [0.25, 0.3) is 0 Å². The van der Waals surface area contributed by atoms with Crippen LogP contribution in [0.5, 0.6) is 17.2 Å². The first kappa shape index (κ1) is 18.6. The van der Waals surface area contributed by atoms with E-state index in [1.165, 1.54) is 0 Å². The van der Waals surface area contributed by atoms with Crippen molar-refractivity contribution in [1.82, 2.24) is 5.32 Å². The van der Waals surface area contributed by atoms with Gasteiger partial charge >= 0.3 is 0 Å². The number of nitrogens with one attached hydrogen (secondary N) is 1. The summed E-state index contributed by atoms with van der Waals surface area (Å²) >= 11 is 0. The van der Waals surface area contributed by atoms with E-state index < -0.39 is 0 Å². The number of benzene rings is 2. The first-order chi connectivity index (χ1) is 12.1. The van der Waals surface area contributed by atoms with Crippen LogP contribution in [0.1, 0.15) is 31.4 Å². The van der Waals surface area contributed by atoms with Gasteiger partial charge in [-0.1, -0.05) is 18.2 Å². The highest BCUT2D eigenvalue weighted by molar-refractivity contribution is 5.76. The summed E-state index contributed by atoms with van der Waals surface area (Å²) in [6, 6.07) is 15.0. The Labute approximate surface area is 148 Å². The molecule has 5 heteroatoms. The SMILES string of the molecule is COc1ccc(OC)c([C@H](C)NC(=O)CCCOc2ccccc2)c1. The molecule has 0 aromatic heterocycles. The molecule has 0 spiro atoms. The van der Waals surface area contributed by atoms with Crippen LogP contribution in [0.25, 0.3) is 0 Å². The van der Waals surface area contributed by atoms with Crippen LogP contribution in [-0.2, 0) is 4.79 Å². The second-order valence-electron chi connectivity index (χ2n) is 5.66. The Morgan fingerprint density at radius 2 is 1.80 bits per heavy atom. The van der Waals surface area contributed by atoms with Crippen LogP contribution >= 0.6 is 0 Å². The van der Waals surface area contributed by atoms with Crippen molar-refractivity contribution in [3.8, 4) is 17.2 Å². The van der Waals surface area contributed by atoms with Crippen LogP contribution in [0.3, 0.4) is 0 Å². The third-order valence-corrected chi connectivity index (χ3v) is 3.84. The molecule has 0 fully saturated rings. The highest BCUT2D eigenvalue weighted by Gasteiger charge is 2.15. The number of carbonyl (C=O) groups is 1. The van der Waals surface area contributed by atoms with Gasteiger partial charge in [0, 0.05) is 12.0 Å². The van der Waals surface area contributed by atoms with Gasteiger partial charge in [-0.2, -0.15) is 0 Å². The molecule has 0 saturated heterocycles. The monoisotopic (exact) mass is 343 g/mol. The summed E-state index contributed by atoms with van der Waals surface area (Å²) < 4.78 is 16.2. The minimum atomic E-state index is -0.174. The fraction of sp³-hybridized carbons (Fsp3) is 0.350. The third-order valence-electron chi connectivity index (χ3n) is 3.84. The highest BCUT2D eigenvalue weighted by Crippen LogP contribution is 2.29. The molecule has 2 aromatic carbocycles. The van der Waals surface area contributed by atoms with Crippen molar-refractivity contribution in [3.05, 3.63) is 54.1 Å². The largest absolute Gasteiger partial charge is 0.497 e. The lowest BCUT2D eigenvalue weighted by atomic mass is 10.1. The Kier molecular flexibility index (Phi) is 7.14. The molecule has 0 aliphatic rings. The van der Waals surface area contributed by atoms with E-state index in [0.29, 0.717) is 19.4 Å². The van der Waals surface area contributed by atoms with Crippen molar-refractivity contribution >= 4 is 5.91 Å². The maximum Gasteiger partial charge on any atom is 0.220 e. The number of amides is 1. The summed E-state index contributed by atoms with van der Waals surface area (Å²) in [4.78, 5) is 12.2. The standard InChI is InChI=1S/C20H25NO4/c1-15(18-14-17(23-2)11-12-19(18)24-3)21-20(22)10-7-13-25-16-8-5-4-6-9-16/h4-6,8-9,11-12,14-15H,7,10,13H2,1-3H3,(H,21,22)/t15-/m0/s1. The van der Waals surface area contributed by atoms with Gasteiger partial charge in [-0.3, -0.25) is 4.79 Å². The minimum Gasteiger partial charge on any atom is -0.497 e. The van der Waals surface area contributed by atoms with E-state index in [2.05, 4.69) is 5.32 Å². The van der Waals surface area contributed by atoms with Crippen molar-refractivity contribution in [2.24, 2.45) is 0 Å². The summed E-state index contributed by atoms with van der Waals surface area (Å²) in [5.74, 6) is 2.25. The van der Waals surface area contributed by atoms with Crippen LogP contribution in [0, 0.1) is 0 Å². The Hall–Kier alpha value is -2.69. The topological polar surface area (TPSA) is 56.8 Å². The van der Waals surface area contributed by atoms with Crippen LogP contribution in [0.2, 0.25) is 0 Å². The van der Waals surface area contributed by atoms with Gasteiger partial charge in [0.05, 0.1) is 26.9 Å². The molecule has 0 bridgehead atoms. The van der Waals surface area contributed by atoms with Gasteiger partial charge in [0.1, 0.15) is 17.2 Å². The average Bonchev–Trinajstić information content (AvgIpc) is 2.65. The van der Waals surface area contributed by atoms with E-state index in [1.807, 2.05) is 55.5 Å². The molecule has 0 aliphatic carbocycles. The molecule has 1 amide bonds. The van der Waals surface area contributed by atoms with Gasteiger partial charge in [0.2, 0.25) is 5.91 Å². The van der Waals surface area contributed by atoms with E-state index in [-0.39, 0.29) is 11.9 Å². The van der Waals surface area contributed by atoms with Gasteiger partial charge < -0.3 is 19.5 Å². The lowest BCUT2D eigenvalue weighted by Gasteiger charge is -2.18. The molecule has 0 unspecified atom stereocenters. The first-order valence-corrected chi connectivity index (χ1v) is 8.33. The normalized spacial score (nSPS) is 11.5. The predicted molar refractivity (Wildman–Crippen MR) is 97.3 cm³/mol. The fourth-order valence-corrected chi connectivity index (χ4v) is 2.51. The number of ether oxygens (including phenoxy) is 3. The Bertz CT molecular complexity index is 673. The summed E-state index contributed by atoms with van der Waals surface area (Å²) in [6.07, 6.45) is 1.06. The van der Waals surface area contributed by atoms with Crippen molar-refractivity contribution in [2.45, 2.75) is 25.8 Å². The van der Waals surface area contributed by atoms with E-state index in [0.717, 1.165) is 22.8 Å². The van der Waals surface area contributed by atoms with Gasteiger partial charge in [0.15, 0.2) is 0 Å². The molecule has 2 aromatic rings. The number of para-hydroxylation sites is 1. The number of carbonyl (C=O) groups excluding carboxylic acids is 1. The van der Waals surface area contributed by atoms with Crippen LogP contribution in [-0.4, -0.2) is 26.7 Å². The number of methoxy groups -OCH3 is 2. The Morgan fingerprint density at radius 3 is 2.48 bits per heavy atom. The van der Waals surface area contributed by atoms with Crippen LogP contribution in [0.15, 0.2) is 48.5 Å². The predicted octanol–water partition coefficient (Wildman–Crippen LogP) is 3.74. The zero-order chi connectivity index (χ0) is 18.1. The van der Waals surface area contributed by atoms with E-state index in [1.54, 1.807) is 14.2 Å². The fourth-order valence-electron chi connectivity index (χ4n) is 2.51. The number of hydrogen-bond donors (Lipinski definition) is 1. The molecule has 1 atom stereocenters. The average molecular weight is 343 g/mol. The zero-order valence-electron chi connectivity index (χ0n) is 15.0. The molecule has 0 heterocycles. The van der Waals surface area contributed by atoms with Crippen molar-refractivity contribution in [2.75, 3.05) is 20.8 Å². The first-order valence-electron chi connectivity index (χ1n) is 8.33. The second-order valence-corrected chi connectivity index (χ2v) is 5.66. The molecule has 1 N–H and O–H groups in total. The molecule has 25 heavy (non-hydrogen) atoms. The summed E-state index contributed by atoms with van der Waals surface area (Å²) in [7, 11) is 3.22. The van der Waals surface area contributed by atoms with Gasteiger partial charge in [-0.15, -0.1) is 0 Å².